The lowest BCUT2D eigenvalue weighted by atomic mass is 9.77. The Morgan fingerprint density at radius 1 is 1.31 bits per heavy atom. The summed E-state index contributed by atoms with van der Waals surface area (Å²) in [6, 6.07) is 6.16. The van der Waals surface area contributed by atoms with E-state index < -0.39 is 17.4 Å². The Bertz CT molecular complexity index is 695. The Balaban J connectivity index is 1.53. The van der Waals surface area contributed by atoms with Crippen LogP contribution in [0.3, 0.4) is 0 Å². The van der Waals surface area contributed by atoms with Gasteiger partial charge in [0.15, 0.2) is 0 Å². The minimum atomic E-state index is -0.852. The average Bonchev–Trinajstić information content (AvgIpc) is 2.84. The van der Waals surface area contributed by atoms with Gasteiger partial charge in [-0.2, -0.15) is 0 Å². The maximum Gasteiger partial charge on any atom is 0.309 e. The lowest BCUT2D eigenvalue weighted by molar-refractivity contribution is -0.146. The van der Waals surface area contributed by atoms with Gasteiger partial charge in [-0.25, -0.2) is 0 Å². The summed E-state index contributed by atoms with van der Waals surface area (Å²) >= 11 is 0. The summed E-state index contributed by atoms with van der Waals surface area (Å²) < 4.78 is 5.91. The Morgan fingerprint density at radius 2 is 2.00 bits per heavy atom. The minimum Gasteiger partial charge on any atom is -0.492 e. The molecule has 2 fully saturated rings. The Labute approximate surface area is 154 Å². The highest BCUT2D eigenvalue weighted by atomic mass is 16.5. The molecular weight excluding hydrogens is 332 g/mol. The van der Waals surface area contributed by atoms with Gasteiger partial charge >= 0.3 is 5.97 Å². The summed E-state index contributed by atoms with van der Waals surface area (Å²) in [5, 5.41) is 9.53. The smallest absolute Gasteiger partial charge is 0.309 e. The van der Waals surface area contributed by atoms with Crippen LogP contribution < -0.4 is 4.74 Å². The summed E-state index contributed by atoms with van der Waals surface area (Å²) in [6.07, 6.45) is 1.53. The fraction of sp³-hybridized carbons (Fsp3) is 0.600. The van der Waals surface area contributed by atoms with E-state index in [0.29, 0.717) is 19.4 Å². The van der Waals surface area contributed by atoms with Crippen molar-refractivity contribution in [1.82, 2.24) is 9.80 Å². The molecule has 2 saturated heterocycles. The Hall–Kier alpha value is -2.08. The fourth-order valence-electron chi connectivity index (χ4n) is 4.39. The molecule has 3 rings (SSSR count). The van der Waals surface area contributed by atoms with Gasteiger partial charge in [0, 0.05) is 33.1 Å². The van der Waals surface area contributed by atoms with E-state index in [4.69, 9.17) is 4.74 Å². The number of likely N-dealkylation sites (tertiary alicyclic amines) is 2. The molecule has 142 valence electrons. The summed E-state index contributed by atoms with van der Waals surface area (Å²) in [7, 11) is 1.75. The van der Waals surface area contributed by atoms with Crippen LogP contribution in [0.15, 0.2) is 18.2 Å². The second-order valence-corrected chi connectivity index (χ2v) is 7.61. The normalized spacial score (nSPS) is 22.8. The van der Waals surface area contributed by atoms with E-state index in [1.165, 1.54) is 5.56 Å². The average molecular weight is 360 g/mol. The lowest BCUT2D eigenvalue weighted by Crippen LogP contribution is -2.56. The van der Waals surface area contributed by atoms with Gasteiger partial charge in [-0.15, -0.1) is 0 Å². The molecule has 1 aromatic rings. The first-order valence-electron chi connectivity index (χ1n) is 9.25. The number of rotatable bonds is 5. The second-order valence-electron chi connectivity index (χ2n) is 7.61. The molecule has 1 atom stereocenters. The van der Waals surface area contributed by atoms with Gasteiger partial charge < -0.3 is 14.7 Å². The number of amides is 1. The zero-order chi connectivity index (χ0) is 18.9. The SMILES string of the molecule is Cc1ccc(OCCN2CCC3(CC2)[C@@H](C(=O)O)CC(=O)N3C)c(C)c1. The number of hydrogen-bond acceptors (Lipinski definition) is 4. The van der Waals surface area contributed by atoms with Crippen LogP contribution in [0.25, 0.3) is 0 Å². The minimum absolute atomic E-state index is 0.0518. The van der Waals surface area contributed by atoms with E-state index in [-0.39, 0.29) is 12.3 Å². The fourth-order valence-corrected chi connectivity index (χ4v) is 4.39. The van der Waals surface area contributed by atoms with Crippen LogP contribution in [-0.2, 0) is 9.59 Å². The molecular formula is C20H28N2O4. The monoisotopic (exact) mass is 360 g/mol. The first kappa shape index (κ1) is 18.7. The number of piperidine rings is 1. The second kappa shape index (κ2) is 7.27. The molecule has 2 aliphatic heterocycles. The van der Waals surface area contributed by atoms with E-state index in [9.17, 15) is 14.7 Å². The van der Waals surface area contributed by atoms with E-state index in [2.05, 4.69) is 17.9 Å². The van der Waals surface area contributed by atoms with Crippen LogP contribution in [-0.4, -0.2) is 65.6 Å². The van der Waals surface area contributed by atoms with Crippen LogP contribution in [0, 0.1) is 19.8 Å². The van der Waals surface area contributed by atoms with E-state index in [1.807, 2.05) is 19.1 Å². The van der Waals surface area contributed by atoms with Crippen molar-refractivity contribution >= 4 is 11.9 Å². The number of carbonyl (C=O) groups is 2. The topological polar surface area (TPSA) is 70.1 Å². The summed E-state index contributed by atoms with van der Waals surface area (Å²) in [5.74, 6) is -0.580. The van der Waals surface area contributed by atoms with Gasteiger partial charge in [0.25, 0.3) is 0 Å². The van der Waals surface area contributed by atoms with Crippen molar-refractivity contribution < 1.29 is 19.4 Å². The molecule has 0 saturated carbocycles. The number of aliphatic carboxylic acids is 1. The summed E-state index contributed by atoms with van der Waals surface area (Å²) in [4.78, 5) is 27.7. The van der Waals surface area contributed by atoms with Crippen molar-refractivity contribution in [3.05, 3.63) is 29.3 Å². The first-order valence-corrected chi connectivity index (χ1v) is 9.25. The predicted octanol–water partition coefficient (Wildman–Crippen LogP) is 2.08. The van der Waals surface area contributed by atoms with Crippen molar-refractivity contribution in [3.63, 3.8) is 0 Å². The Kier molecular flexibility index (Phi) is 5.23. The third-order valence-electron chi connectivity index (χ3n) is 6.08. The van der Waals surface area contributed by atoms with E-state index in [0.717, 1.165) is 30.9 Å². The van der Waals surface area contributed by atoms with Crippen molar-refractivity contribution in [3.8, 4) is 5.75 Å². The van der Waals surface area contributed by atoms with Gasteiger partial charge in [0.05, 0.1) is 11.5 Å². The highest BCUT2D eigenvalue weighted by Crippen LogP contribution is 2.42. The first-order chi connectivity index (χ1) is 12.3. The molecule has 0 radical (unpaired) electrons. The molecule has 6 nitrogen and oxygen atoms in total. The van der Waals surface area contributed by atoms with Crippen LogP contribution >= 0.6 is 0 Å². The van der Waals surface area contributed by atoms with Crippen molar-refractivity contribution in [1.29, 1.82) is 0 Å². The van der Waals surface area contributed by atoms with Gasteiger partial charge in [0.1, 0.15) is 12.4 Å². The van der Waals surface area contributed by atoms with Crippen molar-refractivity contribution in [2.45, 2.75) is 38.6 Å². The lowest BCUT2D eigenvalue weighted by Gasteiger charge is -2.45. The van der Waals surface area contributed by atoms with Gasteiger partial charge in [-0.3, -0.25) is 14.5 Å². The molecule has 0 unspecified atom stereocenters. The molecule has 1 spiro atoms. The highest BCUT2D eigenvalue weighted by molar-refractivity contribution is 5.88. The van der Waals surface area contributed by atoms with Crippen LogP contribution in [0.4, 0.5) is 0 Å². The Morgan fingerprint density at radius 3 is 2.62 bits per heavy atom. The number of nitrogens with zero attached hydrogens (tertiary/aromatic N) is 2. The molecule has 26 heavy (non-hydrogen) atoms. The number of hydrogen-bond donors (Lipinski definition) is 1. The number of ether oxygens (including phenoxy) is 1. The molecule has 1 N–H and O–H groups in total. The number of aryl methyl sites for hydroxylation is 2. The standard InChI is InChI=1S/C20H28N2O4/c1-14-4-5-17(15(2)12-14)26-11-10-22-8-6-20(7-9-22)16(19(24)25)13-18(23)21(20)3/h4-5,12,16H,6-11,13H2,1-3H3,(H,24,25)/t16-/m1/s1. The zero-order valence-electron chi connectivity index (χ0n) is 15.8. The number of benzene rings is 1. The molecule has 0 bridgehead atoms. The van der Waals surface area contributed by atoms with Crippen molar-refractivity contribution in [2.24, 2.45) is 5.92 Å². The van der Waals surface area contributed by atoms with Crippen molar-refractivity contribution in [2.75, 3.05) is 33.3 Å². The maximum absolute atomic E-state index is 12.1. The number of carboxylic acid groups (broad SMARTS) is 1. The van der Waals surface area contributed by atoms with Crippen LogP contribution in [0.2, 0.25) is 0 Å². The van der Waals surface area contributed by atoms with Gasteiger partial charge in [0.2, 0.25) is 5.91 Å². The van der Waals surface area contributed by atoms with Crippen LogP contribution in [0.5, 0.6) is 5.75 Å². The molecule has 2 heterocycles. The van der Waals surface area contributed by atoms with Gasteiger partial charge in [-0.1, -0.05) is 17.7 Å². The summed E-state index contributed by atoms with van der Waals surface area (Å²) in [5.41, 5.74) is 1.84. The quantitative estimate of drug-likeness (QED) is 0.871. The van der Waals surface area contributed by atoms with E-state index >= 15 is 0 Å². The summed E-state index contributed by atoms with van der Waals surface area (Å²) in [6.45, 7) is 7.10. The molecule has 1 aromatic carbocycles. The van der Waals surface area contributed by atoms with Gasteiger partial charge in [-0.05, 0) is 38.3 Å². The molecule has 2 aliphatic rings. The maximum atomic E-state index is 12.1. The predicted molar refractivity (Wildman–Crippen MR) is 98.3 cm³/mol. The largest absolute Gasteiger partial charge is 0.492 e. The number of carbonyl (C=O) groups excluding carboxylic acids is 1. The molecule has 1 amide bonds. The zero-order valence-corrected chi connectivity index (χ0v) is 15.8. The molecule has 0 aliphatic carbocycles. The highest BCUT2D eigenvalue weighted by Gasteiger charge is 2.55. The molecule has 6 heteroatoms. The van der Waals surface area contributed by atoms with Crippen LogP contribution in [0.1, 0.15) is 30.4 Å². The third-order valence-corrected chi connectivity index (χ3v) is 6.08. The number of carboxylic acids is 1. The third kappa shape index (κ3) is 3.43. The molecule has 0 aromatic heterocycles. The van der Waals surface area contributed by atoms with E-state index in [1.54, 1.807) is 11.9 Å².